The normalized spacial score (nSPS) is 11.3. The van der Waals surface area contributed by atoms with E-state index in [9.17, 15) is 0 Å². The molecule has 1 aromatic carbocycles. The molecule has 0 N–H and O–H groups in total. The topological polar surface area (TPSA) is 79.2 Å². The highest BCUT2D eigenvalue weighted by atomic mass is 79.9. The van der Waals surface area contributed by atoms with Gasteiger partial charge >= 0.3 is 0 Å². The van der Waals surface area contributed by atoms with E-state index in [0.717, 1.165) is 33.8 Å². The number of rotatable bonds is 5. The minimum absolute atomic E-state index is 0.676. The fraction of sp³-hybridized carbons (Fsp3) is 0.278. The van der Waals surface area contributed by atoms with Crippen molar-refractivity contribution in [2.24, 2.45) is 14.1 Å². The molecule has 0 saturated carbocycles. The van der Waals surface area contributed by atoms with Crippen LogP contribution < -0.4 is 0 Å². The summed E-state index contributed by atoms with van der Waals surface area (Å²) < 4.78 is 6.30. The molecule has 8 nitrogen and oxygen atoms in total. The highest BCUT2D eigenvalue weighted by Gasteiger charge is 2.16. The Morgan fingerprint density at radius 2 is 1.89 bits per heavy atom. The van der Waals surface area contributed by atoms with Gasteiger partial charge < -0.3 is 0 Å². The van der Waals surface area contributed by atoms with Gasteiger partial charge in [0.1, 0.15) is 5.82 Å². The van der Waals surface area contributed by atoms with Crippen LogP contribution in [0.2, 0.25) is 0 Å². The summed E-state index contributed by atoms with van der Waals surface area (Å²) >= 11 is 3.58. The molecule has 0 fully saturated rings. The number of hydrogen-bond acceptors (Lipinski definition) is 5. The molecular formula is C18H19BrN8. The molecule has 0 amide bonds. The van der Waals surface area contributed by atoms with Gasteiger partial charge in [-0.05, 0) is 18.6 Å². The molecule has 9 heteroatoms. The van der Waals surface area contributed by atoms with Crippen LogP contribution in [0.4, 0.5) is 0 Å². The van der Waals surface area contributed by atoms with Crippen LogP contribution in [-0.4, -0.2) is 39.5 Å². The Morgan fingerprint density at radius 1 is 1.04 bits per heavy atom. The summed E-state index contributed by atoms with van der Waals surface area (Å²) in [6.07, 6.45) is 5.23. The first-order chi connectivity index (χ1) is 13.0. The molecule has 0 aliphatic carbocycles. The highest BCUT2D eigenvalue weighted by Crippen LogP contribution is 2.24. The predicted octanol–water partition coefficient (Wildman–Crippen LogP) is 2.65. The van der Waals surface area contributed by atoms with Crippen molar-refractivity contribution in [3.05, 3.63) is 58.2 Å². The molecule has 0 aliphatic rings. The van der Waals surface area contributed by atoms with Crippen molar-refractivity contribution < 1.29 is 0 Å². The third-order valence-corrected chi connectivity index (χ3v) is 5.13. The predicted molar refractivity (Wildman–Crippen MR) is 104 cm³/mol. The zero-order valence-corrected chi connectivity index (χ0v) is 16.9. The molecule has 0 saturated heterocycles. The molecular weight excluding hydrogens is 408 g/mol. The molecule has 27 heavy (non-hydrogen) atoms. The van der Waals surface area contributed by atoms with Gasteiger partial charge in [-0.25, -0.2) is 4.98 Å². The van der Waals surface area contributed by atoms with Gasteiger partial charge in [-0.2, -0.15) is 9.78 Å². The van der Waals surface area contributed by atoms with E-state index >= 15 is 0 Å². The zero-order chi connectivity index (χ0) is 19.0. The van der Waals surface area contributed by atoms with Gasteiger partial charge in [-0.1, -0.05) is 33.3 Å². The van der Waals surface area contributed by atoms with Crippen LogP contribution in [-0.2, 0) is 26.9 Å². The maximum Gasteiger partial charge on any atom is 0.181 e. The van der Waals surface area contributed by atoms with Gasteiger partial charge in [0.05, 0.1) is 5.69 Å². The Balaban J connectivity index is 1.71. The highest BCUT2D eigenvalue weighted by molar-refractivity contribution is 9.10. The van der Waals surface area contributed by atoms with E-state index in [1.54, 1.807) is 14.0 Å². The molecule has 3 heterocycles. The van der Waals surface area contributed by atoms with E-state index in [1.165, 1.54) is 5.56 Å². The number of hydrogen-bond donors (Lipinski definition) is 0. The monoisotopic (exact) mass is 426 g/mol. The molecule has 3 aromatic heterocycles. The molecule has 4 aromatic rings. The van der Waals surface area contributed by atoms with Crippen molar-refractivity contribution in [1.82, 2.24) is 39.5 Å². The average Bonchev–Trinajstić information content (AvgIpc) is 3.35. The van der Waals surface area contributed by atoms with Gasteiger partial charge in [0.15, 0.2) is 11.6 Å². The number of halogens is 1. The number of aryl methyl sites for hydroxylation is 5. The maximum absolute atomic E-state index is 4.79. The van der Waals surface area contributed by atoms with Gasteiger partial charge in [-0.3, -0.25) is 9.36 Å². The summed E-state index contributed by atoms with van der Waals surface area (Å²) in [5, 5.41) is 17.3. The minimum atomic E-state index is 0.676. The molecule has 4 rings (SSSR count). The summed E-state index contributed by atoms with van der Waals surface area (Å²) in [4.78, 5) is 4.79. The second-order valence-corrected chi connectivity index (χ2v) is 7.31. The van der Waals surface area contributed by atoms with Crippen LogP contribution in [0.5, 0.6) is 0 Å². The Kier molecular flexibility index (Phi) is 4.61. The SMILES string of the molecule is Cc1ccc(-c2nc(CCc3cn(C)nn3)n(-c3ccn(C)n3)n2)cc1Br. The van der Waals surface area contributed by atoms with Crippen LogP contribution in [0.15, 0.2) is 41.1 Å². The van der Waals surface area contributed by atoms with E-state index in [0.29, 0.717) is 12.2 Å². The van der Waals surface area contributed by atoms with Crippen molar-refractivity contribution in [2.45, 2.75) is 19.8 Å². The third-order valence-electron chi connectivity index (χ3n) is 4.28. The Bertz CT molecular complexity index is 1090. The molecule has 0 bridgehead atoms. The van der Waals surface area contributed by atoms with Gasteiger partial charge in [0, 0.05) is 55.4 Å². The van der Waals surface area contributed by atoms with Crippen LogP contribution >= 0.6 is 15.9 Å². The van der Waals surface area contributed by atoms with Crippen molar-refractivity contribution >= 4 is 15.9 Å². The van der Waals surface area contributed by atoms with Crippen molar-refractivity contribution in [3.8, 4) is 17.2 Å². The first-order valence-corrected chi connectivity index (χ1v) is 9.36. The fourth-order valence-electron chi connectivity index (χ4n) is 2.81. The largest absolute Gasteiger partial charge is 0.274 e. The molecule has 0 unspecified atom stereocenters. The lowest BCUT2D eigenvalue weighted by atomic mass is 10.1. The summed E-state index contributed by atoms with van der Waals surface area (Å²) in [6, 6.07) is 8.06. The van der Waals surface area contributed by atoms with E-state index in [-0.39, 0.29) is 0 Å². The van der Waals surface area contributed by atoms with Gasteiger partial charge in [0.25, 0.3) is 0 Å². The van der Waals surface area contributed by atoms with E-state index in [1.807, 2.05) is 44.7 Å². The lowest BCUT2D eigenvalue weighted by Gasteiger charge is -2.01. The summed E-state index contributed by atoms with van der Waals surface area (Å²) in [5.41, 5.74) is 3.06. The van der Waals surface area contributed by atoms with Crippen LogP contribution in [0.25, 0.3) is 17.2 Å². The fourth-order valence-corrected chi connectivity index (χ4v) is 3.19. The van der Waals surface area contributed by atoms with Gasteiger partial charge in [0.2, 0.25) is 0 Å². The Labute approximate surface area is 165 Å². The van der Waals surface area contributed by atoms with E-state index in [2.05, 4.69) is 44.3 Å². The molecule has 138 valence electrons. The summed E-state index contributed by atoms with van der Waals surface area (Å²) in [6.45, 7) is 2.06. The van der Waals surface area contributed by atoms with Crippen LogP contribution in [0.3, 0.4) is 0 Å². The number of benzene rings is 1. The summed E-state index contributed by atoms with van der Waals surface area (Å²) in [5.74, 6) is 2.26. The standard InChI is InChI=1S/C18H19BrN8/c1-12-4-5-13(10-15(12)19)18-20-16(7-6-14-11-26(3)24-21-14)27(23-18)17-8-9-25(2)22-17/h4-5,8-11H,6-7H2,1-3H3. The lowest BCUT2D eigenvalue weighted by molar-refractivity contribution is 0.699. The average molecular weight is 427 g/mol. The van der Waals surface area contributed by atoms with Crippen LogP contribution in [0.1, 0.15) is 17.1 Å². The zero-order valence-electron chi connectivity index (χ0n) is 15.3. The van der Waals surface area contributed by atoms with E-state index in [4.69, 9.17) is 10.1 Å². The third kappa shape index (κ3) is 3.68. The number of nitrogens with zero attached hydrogens (tertiary/aromatic N) is 8. The maximum atomic E-state index is 4.79. The van der Waals surface area contributed by atoms with Crippen LogP contribution in [0, 0.1) is 6.92 Å². The van der Waals surface area contributed by atoms with Crippen molar-refractivity contribution in [1.29, 1.82) is 0 Å². The second-order valence-electron chi connectivity index (χ2n) is 6.46. The van der Waals surface area contributed by atoms with Crippen molar-refractivity contribution in [3.63, 3.8) is 0 Å². The molecule has 0 radical (unpaired) electrons. The Hall–Kier alpha value is -2.81. The van der Waals surface area contributed by atoms with Crippen molar-refractivity contribution in [2.75, 3.05) is 0 Å². The first kappa shape index (κ1) is 17.6. The smallest absolute Gasteiger partial charge is 0.181 e. The second kappa shape index (κ2) is 7.07. The minimum Gasteiger partial charge on any atom is -0.274 e. The Morgan fingerprint density at radius 3 is 2.56 bits per heavy atom. The number of aromatic nitrogens is 8. The quantitative estimate of drug-likeness (QED) is 0.489. The van der Waals surface area contributed by atoms with E-state index < -0.39 is 0 Å². The summed E-state index contributed by atoms with van der Waals surface area (Å²) in [7, 11) is 3.75. The lowest BCUT2D eigenvalue weighted by Crippen LogP contribution is -2.06. The molecule has 0 spiro atoms. The first-order valence-electron chi connectivity index (χ1n) is 8.57. The van der Waals surface area contributed by atoms with Gasteiger partial charge in [-0.15, -0.1) is 10.2 Å². The molecule has 0 atom stereocenters. The molecule has 0 aliphatic heterocycles.